The van der Waals surface area contributed by atoms with E-state index in [-0.39, 0.29) is 18.0 Å². The zero-order valence-electron chi connectivity index (χ0n) is 15.3. The van der Waals surface area contributed by atoms with E-state index in [2.05, 4.69) is 33.7 Å². The number of hydrogen-bond acceptors (Lipinski definition) is 4. The first-order chi connectivity index (χ1) is 13.1. The number of para-hydroxylation sites is 1. The Morgan fingerprint density at radius 3 is 2.11 bits per heavy atom. The highest BCUT2D eigenvalue weighted by Gasteiger charge is 2.28. The van der Waals surface area contributed by atoms with Gasteiger partial charge in [-0.05, 0) is 49.2 Å². The van der Waals surface area contributed by atoms with Crippen LogP contribution in [0, 0.1) is 0 Å². The molecule has 142 valence electrons. The molecular weight excluding hydrogens is 342 g/mol. The Balaban J connectivity index is 1.48. The third-order valence-corrected chi connectivity index (χ3v) is 4.38. The van der Waals surface area contributed by atoms with Gasteiger partial charge in [0.1, 0.15) is 6.04 Å². The van der Waals surface area contributed by atoms with Gasteiger partial charge in [-0.1, -0.05) is 31.5 Å². The summed E-state index contributed by atoms with van der Waals surface area (Å²) in [6, 6.07) is 16.0. The van der Waals surface area contributed by atoms with Crippen molar-refractivity contribution in [2.45, 2.75) is 38.3 Å². The van der Waals surface area contributed by atoms with Gasteiger partial charge in [0.05, 0.1) is 0 Å². The van der Waals surface area contributed by atoms with Gasteiger partial charge in [0.2, 0.25) is 5.91 Å². The lowest BCUT2D eigenvalue weighted by atomic mass is 10.1. The van der Waals surface area contributed by atoms with Crippen LogP contribution in [0.1, 0.15) is 26.2 Å². The van der Waals surface area contributed by atoms with Crippen molar-refractivity contribution < 1.29 is 9.59 Å². The lowest BCUT2D eigenvalue weighted by Gasteiger charge is -2.12. The maximum Gasteiger partial charge on any atom is 0.323 e. The van der Waals surface area contributed by atoms with E-state index in [1.54, 1.807) is 24.3 Å². The van der Waals surface area contributed by atoms with E-state index >= 15 is 0 Å². The number of hydrogen-bond donors (Lipinski definition) is 5. The molecular formula is C20H25N5O2. The van der Waals surface area contributed by atoms with Crippen molar-refractivity contribution in [2.75, 3.05) is 16.0 Å². The molecule has 1 aliphatic rings. The van der Waals surface area contributed by atoms with Crippen LogP contribution in [0.5, 0.6) is 0 Å². The Morgan fingerprint density at radius 1 is 0.889 bits per heavy atom. The van der Waals surface area contributed by atoms with Crippen LogP contribution in [0.4, 0.5) is 21.9 Å². The van der Waals surface area contributed by atoms with Crippen LogP contribution >= 0.6 is 0 Å². The Kier molecular flexibility index (Phi) is 6.40. The average Bonchev–Trinajstić information content (AvgIpc) is 3.13. The van der Waals surface area contributed by atoms with Gasteiger partial charge in [0, 0.05) is 23.1 Å². The predicted molar refractivity (Wildman–Crippen MR) is 108 cm³/mol. The van der Waals surface area contributed by atoms with Crippen LogP contribution in [0.25, 0.3) is 0 Å². The molecule has 2 aromatic carbocycles. The fraction of sp³-hybridized carbons (Fsp3) is 0.300. The quantitative estimate of drug-likeness (QED) is 0.541. The van der Waals surface area contributed by atoms with Crippen molar-refractivity contribution in [3.8, 4) is 0 Å². The molecule has 1 saturated heterocycles. The molecule has 3 rings (SSSR count). The number of anilines is 3. The minimum absolute atomic E-state index is 0.0661. The first kappa shape index (κ1) is 18.9. The second kappa shape index (κ2) is 9.16. The third kappa shape index (κ3) is 5.54. The van der Waals surface area contributed by atoms with Crippen molar-refractivity contribution in [3.05, 3.63) is 54.6 Å². The van der Waals surface area contributed by atoms with Gasteiger partial charge in [-0.15, -0.1) is 0 Å². The molecule has 2 unspecified atom stereocenters. The van der Waals surface area contributed by atoms with Gasteiger partial charge in [-0.2, -0.15) is 0 Å². The maximum atomic E-state index is 12.3. The SMILES string of the molecule is CCCC1CC(C(=O)Nc2ccc(NC(=O)Nc3ccccc3)cc2)NN1. The van der Waals surface area contributed by atoms with Gasteiger partial charge in [0.25, 0.3) is 0 Å². The molecule has 3 amide bonds. The van der Waals surface area contributed by atoms with E-state index in [0.717, 1.165) is 24.9 Å². The van der Waals surface area contributed by atoms with E-state index in [1.807, 2.05) is 30.3 Å². The lowest BCUT2D eigenvalue weighted by molar-refractivity contribution is -0.117. The zero-order chi connectivity index (χ0) is 19.1. The Labute approximate surface area is 158 Å². The number of rotatable bonds is 6. The number of benzene rings is 2. The molecule has 0 spiro atoms. The molecule has 1 fully saturated rings. The summed E-state index contributed by atoms with van der Waals surface area (Å²) in [6.07, 6.45) is 2.90. The molecule has 0 aromatic heterocycles. The molecule has 1 aliphatic heterocycles. The third-order valence-electron chi connectivity index (χ3n) is 4.38. The van der Waals surface area contributed by atoms with Crippen LogP contribution in [0.2, 0.25) is 0 Å². The maximum absolute atomic E-state index is 12.3. The van der Waals surface area contributed by atoms with Crippen molar-refractivity contribution in [1.29, 1.82) is 0 Å². The fourth-order valence-electron chi connectivity index (χ4n) is 3.01. The topological polar surface area (TPSA) is 94.3 Å². The molecule has 0 aliphatic carbocycles. The van der Waals surface area contributed by atoms with Crippen LogP contribution < -0.4 is 26.8 Å². The van der Waals surface area contributed by atoms with Gasteiger partial charge in [-0.3, -0.25) is 10.2 Å². The zero-order valence-corrected chi connectivity index (χ0v) is 15.3. The number of hydrazine groups is 1. The predicted octanol–water partition coefficient (Wildman–Crippen LogP) is 3.30. The second-order valence-corrected chi connectivity index (χ2v) is 6.57. The summed E-state index contributed by atoms with van der Waals surface area (Å²) < 4.78 is 0. The van der Waals surface area contributed by atoms with Crippen molar-refractivity contribution >= 4 is 29.0 Å². The highest BCUT2D eigenvalue weighted by atomic mass is 16.2. The molecule has 7 heteroatoms. The van der Waals surface area contributed by atoms with Gasteiger partial charge in [-0.25, -0.2) is 10.2 Å². The molecule has 5 N–H and O–H groups in total. The summed E-state index contributed by atoms with van der Waals surface area (Å²) >= 11 is 0. The standard InChI is InChI=1S/C20H25N5O2/c1-2-6-17-13-18(25-24-17)19(26)21-15-9-11-16(12-10-15)23-20(27)22-14-7-4-3-5-8-14/h3-5,7-12,17-18,24-25H,2,6,13H2,1H3,(H,21,26)(H2,22,23,27). The summed E-state index contributed by atoms with van der Waals surface area (Å²) in [5, 5.41) is 8.41. The van der Waals surface area contributed by atoms with Crippen molar-refractivity contribution in [2.24, 2.45) is 0 Å². The van der Waals surface area contributed by atoms with E-state index in [4.69, 9.17) is 0 Å². The van der Waals surface area contributed by atoms with Gasteiger partial charge >= 0.3 is 6.03 Å². The summed E-state index contributed by atoms with van der Waals surface area (Å²) in [4.78, 5) is 24.3. The smallest absolute Gasteiger partial charge is 0.323 e. The van der Waals surface area contributed by atoms with Crippen LogP contribution in [0.15, 0.2) is 54.6 Å². The number of nitrogens with one attached hydrogen (secondary N) is 5. The number of amides is 3. The molecule has 0 saturated carbocycles. The normalized spacial score (nSPS) is 18.7. The molecule has 7 nitrogen and oxygen atoms in total. The minimum Gasteiger partial charge on any atom is -0.325 e. The van der Waals surface area contributed by atoms with E-state index in [9.17, 15) is 9.59 Å². The summed E-state index contributed by atoms with van der Waals surface area (Å²) in [7, 11) is 0. The molecule has 2 aromatic rings. The number of carbonyl (C=O) groups is 2. The van der Waals surface area contributed by atoms with E-state index in [1.165, 1.54) is 0 Å². The first-order valence-electron chi connectivity index (χ1n) is 9.19. The fourth-order valence-corrected chi connectivity index (χ4v) is 3.01. The van der Waals surface area contributed by atoms with Gasteiger partial charge in [0.15, 0.2) is 0 Å². The molecule has 0 radical (unpaired) electrons. The Morgan fingerprint density at radius 2 is 1.48 bits per heavy atom. The van der Waals surface area contributed by atoms with Gasteiger partial charge < -0.3 is 16.0 Å². The average molecular weight is 367 g/mol. The molecule has 2 atom stereocenters. The van der Waals surface area contributed by atoms with Crippen LogP contribution in [0.3, 0.4) is 0 Å². The lowest BCUT2D eigenvalue weighted by Crippen LogP contribution is -2.40. The summed E-state index contributed by atoms with van der Waals surface area (Å²) in [5.74, 6) is -0.0661. The van der Waals surface area contributed by atoms with Crippen molar-refractivity contribution in [1.82, 2.24) is 10.9 Å². The second-order valence-electron chi connectivity index (χ2n) is 6.57. The van der Waals surface area contributed by atoms with E-state index in [0.29, 0.717) is 17.4 Å². The van der Waals surface area contributed by atoms with E-state index < -0.39 is 0 Å². The minimum atomic E-state index is -0.318. The monoisotopic (exact) mass is 367 g/mol. The van der Waals surface area contributed by atoms with Crippen LogP contribution in [-0.2, 0) is 4.79 Å². The largest absolute Gasteiger partial charge is 0.325 e. The first-order valence-corrected chi connectivity index (χ1v) is 9.19. The number of urea groups is 1. The van der Waals surface area contributed by atoms with Crippen LogP contribution in [-0.4, -0.2) is 24.0 Å². The highest BCUT2D eigenvalue weighted by Crippen LogP contribution is 2.16. The Hall–Kier alpha value is -2.90. The molecule has 0 bridgehead atoms. The molecule has 27 heavy (non-hydrogen) atoms. The van der Waals surface area contributed by atoms with Crippen molar-refractivity contribution in [3.63, 3.8) is 0 Å². The summed E-state index contributed by atoms with van der Waals surface area (Å²) in [6.45, 7) is 2.13. The molecule has 1 heterocycles. The Bertz CT molecular complexity index is 764. The number of carbonyl (C=O) groups excluding carboxylic acids is 2. The summed E-state index contributed by atoms with van der Waals surface area (Å²) in [5.41, 5.74) is 8.26. The highest BCUT2D eigenvalue weighted by molar-refractivity contribution is 6.00.